The summed E-state index contributed by atoms with van der Waals surface area (Å²) in [5, 5.41) is 8.53. The van der Waals surface area contributed by atoms with E-state index in [2.05, 4.69) is 15.5 Å². The Balaban J connectivity index is 1.09. The average Bonchev–Trinajstić information content (AvgIpc) is 3.50. The molecule has 4 aliphatic heterocycles. The molecule has 0 unspecified atom stereocenters. The molecule has 3 fully saturated rings. The summed E-state index contributed by atoms with van der Waals surface area (Å²) in [5.74, 6) is -0.0485. The minimum absolute atomic E-state index is 0.0485. The summed E-state index contributed by atoms with van der Waals surface area (Å²) >= 11 is 8.05. The van der Waals surface area contributed by atoms with Gasteiger partial charge in [-0.2, -0.15) is 0 Å². The summed E-state index contributed by atoms with van der Waals surface area (Å²) in [6, 6.07) is 5.25. The highest BCUT2D eigenvalue weighted by Crippen LogP contribution is 2.32. The van der Waals surface area contributed by atoms with Crippen LogP contribution >= 0.6 is 22.9 Å². The van der Waals surface area contributed by atoms with Crippen LogP contribution in [0.4, 0.5) is 21.0 Å². The molecule has 0 spiro atoms. The van der Waals surface area contributed by atoms with E-state index in [0.717, 1.165) is 47.6 Å². The zero-order valence-corrected chi connectivity index (χ0v) is 27.1. The largest absolute Gasteiger partial charge is 0.397 e. The van der Waals surface area contributed by atoms with Crippen molar-refractivity contribution in [3.63, 3.8) is 0 Å². The smallest absolute Gasteiger partial charge is 0.322 e. The number of nitrogens with two attached hydrogens (primary N) is 1. The van der Waals surface area contributed by atoms with E-state index >= 15 is 0 Å². The molecular formula is C32H44ClN7O3S. The summed E-state index contributed by atoms with van der Waals surface area (Å²) in [6.07, 6.45) is 7.47. The first-order chi connectivity index (χ1) is 21.3. The number of rotatable bonds is 6. The standard InChI is InChI=1S/C32H44ClN7O3S/c1-21-17-22(18-25(33)29(21)34)19-27(30(41)38-12-5-23(6-13-38)37-10-3-2-4-11-37)36-31(42)39-14-7-24(8-15-39)40-20-28-26(9-16-44-28)35-32(40)43/h9,16-18,23-24,27H,2-8,10-15,19-20,34H2,1H3,(H,35,43)(H,36,42)/t27-/m1/s1. The first-order valence-corrected chi connectivity index (χ1v) is 17.3. The predicted molar refractivity (Wildman–Crippen MR) is 175 cm³/mol. The molecule has 0 aliphatic carbocycles. The first-order valence-electron chi connectivity index (χ1n) is 16.0. The Morgan fingerprint density at radius 1 is 1.02 bits per heavy atom. The maximum atomic E-state index is 14.0. The highest BCUT2D eigenvalue weighted by molar-refractivity contribution is 7.10. The molecule has 2 aromatic rings. The zero-order chi connectivity index (χ0) is 30.8. The van der Waals surface area contributed by atoms with Crippen LogP contribution in [0.25, 0.3) is 0 Å². The van der Waals surface area contributed by atoms with Crippen LogP contribution in [0.15, 0.2) is 23.6 Å². The van der Waals surface area contributed by atoms with Gasteiger partial charge in [-0.15, -0.1) is 11.3 Å². The van der Waals surface area contributed by atoms with Crippen molar-refractivity contribution in [2.75, 3.05) is 50.3 Å². The third-order valence-electron chi connectivity index (χ3n) is 9.87. The van der Waals surface area contributed by atoms with Gasteiger partial charge >= 0.3 is 12.1 Å². The van der Waals surface area contributed by atoms with E-state index in [0.29, 0.717) is 68.7 Å². The van der Waals surface area contributed by atoms with E-state index in [1.807, 2.05) is 34.2 Å². The minimum atomic E-state index is -0.712. The van der Waals surface area contributed by atoms with Crippen molar-refractivity contribution < 1.29 is 14.4 Å². The molecule has 1 aromatic heterocycles. The number of urea groups is 2. The second-order valence-corrected chi connectivity index (χ2v) is 14.1. The first kappa shape index (κ1) is 31.0. The minimum Gasteiger partial charge on any atom is -0.397 e. The van der Waals surface area contributed by atoms with Crippen LogP contribution in [0.1, 0.15) is 60.9 Å². The molecule has 3 saturated heterocycles. The Labute approximate surface area is 268 Å². The number of hydrogen-bond donors (Lipinski definition) is 3. The van der Waals surface area contributed by atoms with Crippen molar-refractivity contribution in [1.29, 1.82) is 0 Å². The highest BCUT2D eigenvalue weighted by Gasteiger charge is 2.36. The normalized spacial score (nSPS) is 21.1. The van der Waals surface area contributed by atoms with Gasteiger partial charge in [-0.1, -0.05) is 24.1 Å². The Hall–Kier alpha value is -3.02. The van der Waals surface area contributed by atoms with Gasteiger partial charge in [0.2, 0.25) is 5.91 Å². The number of aryl methyl sites for hydroxylation is 1. The van der Waals surface area contributed by atoms with Crippen LogP contribution in [-0.4, -0.2) is 95.0 Å². The molecule has 1 aromatic carbocycles. The average molecular weight is 642 g/mol. The van der Waals surface area contributed by atoms with E-state index in [1.165, 1.54) is 19.3 Å². The molecule has 0 radical (unpaired) electrons. The third kappa shape index (κ3) is 6.79. The lowest BCUT2D eigenvalue weighted by Crippen LogP contribution is -2.57. The SMILES string of the molecule is Cc1cc(C[C@@H](NC(=O)N2CCC(N3Cc4sccc4NC3=O)CC2)C(=O)N2CCC(N3CCCCC3)CC2)cc(Cl)c1N. The summed E-state index contributed by atoms with van der Waals surface area (Å²) in [4.78, 5) is 49.7. The lowest BCUT2D eigenvalue weighted by molar-refractivity contribution is -0.134. The molecule has 238 valence electrons. The molecule has 44 heavy (non-hydrogen) atoms. The van der Waals surface area contributed by atoms with Gasteiger partial charge in [0, 0.05) is 49.6 Å². The van der Waals surface area contributed by atoms with Crippen LogP contribution in [0.2, 0.25) is 5.02 Å². The maximum Gasteiger partial charge on any atom is 0.322 e. The van der Waals surface area contributed by atoms with Crippen LogP contribution in [-0.2, 0) is 17.8 Å². The summed E-state index contributed by atoms with van der Waals surface area (Å²) < 4.78 is 0. The molecule has 5 heterocycles. The lowest BCUT2D eigenvalue weighted by Gasteiger charge is -2.41. The zero-order valence-electron chi connectivity index (χ0n) is 25.5. The van der Waals surface area contributed by atoms with Crippen molar-refractivity contribution in [2.24, 2.45) is 0 Å². The van der Waals surface area contributed by atoms with E-state index in [4.69, 9.17) is 17.3 Å². The molecule has 12 heteroatoms. The molecular weight excluding hydrogens is 598 g/mol. The quantitative estimate of drug-likeness (QED) is 0.388. The van der Waals surface area contributed by atoms with Gasteiger partial charge in [0.25, 0.3) is 0 Å². The Kier molecular flexibility index (Phi) is 9.53. The van der Waals surface area contributed by atoms with E-state index in [1.54, 1.807) is 22.3 Å². The molecule has 6 rings (SSSR count). The number of nitrogen functional groups attached to an aromatic ring is 1. The maximum absolute atomic E-state index is 14.0. The van der Waals surface area contributed by atoms with Crippen LogP contribution in [0.5, 0.6) is 0 Å². The number of likely N-dealkylation sites (tertiary alicyclic amines) is 3. The number of piperidine rings is 3. The molecule has 4 N–H and O–H groups in total. The summed E-state index contributed by atoms with van der Waals surface area (Å²) in [5.41, 5.74) is 9.24. The number of nitrogens with zero attached hydrogens (tertiary/aromatic N) is 4. The van der Waals surface area contributed by atoms with Gasteiger partial charge in [-0.3, -0.25) is 4.79 Å². The second-order valence-electron chi connectivity index (χ2n) is 12.7. The number of amides is 5. The number of thiophene rings is 1. The number of hydrogen-bond acceptors (Lipinski definition) is 6. The fourth-order valence-corrected chi connectivity index (χ4v) is 8.36. The van der Waals surface area contributed by atoms with Gasteiger partial charge in [-0.05, 0) is 87.2 Å². The number of carbonyl (C=O) groups is 3. The molecule has 0 saturated carbocycles. The number of benzene rings is 1. The predicted octanol–water partition coefficient (Wildman–Crippen LogP) is 4.90. The number of nitrogens with one attached hydrogen (secondary N) is 2. The fourth-order valence-electron chi connectivity index (χ4n) is 7.24. The van der Waals surface area contributed by atoms with E-state index in [-0.39, 0.29) is 24.0 Å². The van der Waals surface area contributed by atoms with Crippen molar-refractivity contribution >= 4 is 52.3 Å². The number of carbonyl (C=O) groups excluding carboxylic acids is 3. The number of halogens is 1. The van der Waals surface area contributed by atoms with Crippen LogP contribution in [0.3, 0.4) is 0 Å². The fraction of sp³-hybridized carbons (Fsp3) is 0.594. The Morgan fingerprint density at radius 3 is 2.41 bits per heavy atom. The van der Waals surface area contributed by atoms with Gasteiger partial charge in [0.05, 0.1) is 22.9 Å². The molecule has 5 amide bonds. The highest BCUT2D eigenvalue weighted by atomic mass is 35.5. The Morgan fingerprint density at radius 2 is 1.70 bits per heavy atom. The molecule has 4 aliphatic rings. The lowest BCUT2D eigenvalue weighted by atomic mass is 9.97. The number of anilines is 2. The summed E-state index contributed by atoms with van der Waals surface area (Å²) in [7, 11) is 0. The van der Waals surface area contributed by atoms with Gasteiger partial charge in [-0.25, -0.2) is 9.59 Å². The van der Waals surface area contributed by atoms with Gasteiger partial charge in [0.1, 0.15) is 6.04 Å². The second kappa shape index (κ2) is 13.5. The monoisotopic (exact) mass is 641 g/mol. The number of fused-ring (bicyclic) bond motifs is 1. The van der Waals surface area contributed by atoms with E-state index < -0.39 is 6.04 Å². The summed E-state index contributed by atoms with van der Waals surface area (Å²) in [6.45, 7) is 7.25. The van der Waals surface area contributed by atoms with Gasteiger partial charge in [0.15, 0.2) is 0 Å². The van der Waals surface area contributed by atoms with Gasteiger partial charge < -0.3 is 36.0 Å². The van der Waals surface area contributed by atoms with Crippen LogP contribution < -0.4 is 16.4 Å². The van der Waals surface area contributed by atoms with Crippen molar-refractivity contribution in [2.45, 2.75) is 83.0 Å². The molecule has 10 nitrogen and oxygen atoms in total. The van der Waals surface area contributed by atoms with Crippen molar-refractivity contribution in [1.82, 2.24) is 24.9 Å². The van der Waals surface area contributed by atoms with Crippen molar-refractivity contribution in [3.05, 3.63) is 44.6 Å². The van der Waals surface area contributed by atoms with E-state index in [9.17, 15) is 14.4 Å². The van der Waals surface area contributed by atoms with Crippen molar-refractivity contribution in [3.8, 4) is 0 Å². The Bertz CT molecular complexity index is 1340. The third-order valence-corrected chi connectivity index (χ3v) is 11.1. The van der Waals surface area contributed by atoms with Crippen LogP contribution in [0, 0.1) is 6.92 Å². The topological polar surface area (TPSA) is 114 Å². The molecule has 1 atom stereocenters. The molecule has 0 bridgehead atoms.